The van der Waals surface area contributed by atoms with Gasteiger partial charge in [-0.25, -0.2) is 9.97 Å². The van der Waals surface area contributed by atoms with Gasteiger partial charge in [-0.05, 0) is 55.5 Å². The number of aromatic nitrogens is 2. The molecule has 0 N–H and O–H groups in total. The van der Waals surface area contributed by atoms with Crippen molar-refractivity contribution >= 4 is 22.7 Å². The number of thioether (sulfide) groups is 1. The lowest BCUT2D eigenvalue weighted by molar-refractivity contribution is 0.415. The van der Waals surface area contributed by atoms with Gasteiger partial charge in [0.05, 0.1) is 12.6 Å². The molecule has 0 aliphatic rings. The van der Waals surface area contributed by atoms with Crippen LogP contribution in [0.4, 0.5) is 0 Å². The van der Waals surface area contributed by atoms with E-state index >= 15 is 0 Å². The molecule has 0 saturated carbocycles. The quantitative estimate of drug-likeness (QED) is 0.521. The van der Waals surface area contributed by atoms with Gasteiger partial charge in [0.1, 0.15) is 10.8 Å². The topological polar surface area (TPSA) is 35.0 Å². The lowest BCUT2D eigenvalue weighted by Gasteiger charge is -2.11. The summed E-state index contributed by atoms with van der Waals surface area (Å²) >= 11 is 1.66. The van der Waals surface area contributed by atoms with Crippen LogP contribution in [0.3, 0.4) is 0 Å². The van der Waals surface area contributed by atoms with Crippen LogP contribution in [0.25, 0.3) is 22.3 Å². The second-order valence-electron chi connectivity index (χ2n) is 5.21. The highest BCUT2D eigenvalue weighted by Gasteiger charge is 2.12. The van der Waals surface area contributed by atoms with Crippen molar-refractivity contribution < 1.29 is 4.74 Å². The third kappa shape index (κ3) is 2.55. The van der Waals surface area contributed by atoms with Gasteiger partial charge in [-0.15, -0.1) is 11.8 Å². The zero-order valence-corrected chi connectivity index (χ0v) is 14.0. The number of ether oxygens (including phenoxy) is 1. The van der Waals surface area contributed by atoms with Gasteiger partial charge in [-0.3, -0.25) is 0 Å². The minimum absolute atomic E-state index is 0.758. The van der Waals surface area contributed by atoms with Crippen LogP contribution in [-0.4, -0.2) is 23.3 Å². The summed E-state index contributed by atoms with van der Waals surface area (Å²) in [5, 5.41) is 2.18. The van der Waals surface area contributed by atoms with Gasteiger partial charge in [0.2, 0.25) is 0 Å². The molecule has 0 atom stereocenters. The van der Waals surface area contributed by atoms with E-state index in [2.05, 4.69) is 32.2 Å². The maximum absolute atomic E-state index is 5.21. The molecule has 0 aliphatic heterocycles. The zero-order valence-electron chi connectivity index (χ0n) is 13.2. The van der Waals surface area contributed by atoms with Crippen molar-refractivity contribution in [2.75, 3.05) is 13.4 Å². The molecule has 3 aromatic rings. The maximum Gasteiger partial charge on any atom is 0.161 e. The number of benzene rings is 2. The number of aryl methyl sites for hydroxylation is 2. The van der Waals surface area contributed by atoms with E-state index in [1.54, 1.807) is 18.9 Å². The molecule has 0 radical (unpaired) electrons. The van der Waals surface area contributed by atoms with Crippen LogP contribution in [0.1, 0.15) is 11.1 Å². The van der Waals surface area contributed by atoms with E-state index in [0.29, 0.717) is 0 Å². The lowest BCUT2D eigenvalue weighted by atomic mass is 10.1. The normalized spacial score (nSPS) is 10.9. The summed E-state index contributed by atoms with van der Waals surface area (Å²) in [6.45, 7) is 4.20. The fourth-order valence-electron chi connectivity index (χ4n) is 2.51. The third-order valence-electron chi connectivity index (χ3n) is 3.77. The molecule has 0 spiro atoms. The van der Waals surface area contributed by atoms with Gasteiger partial charge in [0.15, 0.2) is 5.82 Å². The van der Waals surface area contributed by atoms with Crippen LogP contribution in [0, 0.1) is 13.8 Å². The van der Waals surface area contributed by atoms with E-state index < -0.39 is 0 Å². The lowest BCUT2D eigenvalue weighted by Crippen LogP contribution is -1.97. The van der Waals surface area contributed by atoms with Crippen molar-refractivity contribution in [2.24, 2.45) is 0 Å². The van der Waals surface area contributed by atoms with Crippen molar-refractivity contribution in [2.45, 2.75) is 18.9 Å². The van der Waals surface area contributed by atoms with Crippen LogP contribution in [-0.2, 0) is 0 Å². The summed E-state index contributed by atoms with van der Waals surface area (Å²) in [5.41, 5.74) is 4.42. The van der Waals surface area contributed by atoms with Gasteiger partial charge in [0, 0.05) is 10.9 Å². The number of hydrogen-bond donors (Lipinski definition) is 0. The summed E-state index contributed by atoms with van der Waals surface area (Å²) < 4.78 is 5.21. The second-order valence-corrected chi connectivity index (χ2v) is 6.00. The first-order valence-corrected chi connectivity index (χ1v) is 8.33. The van der Waals surface area contributed by atoms with Crippen LogP contribution in [0.2, 0.25) is 0 Å². The first-order chi connectivity index (χ1) is 10.6. The molecular weight excluding hydrogens is 292 g/mol. The highest BCUT2D eigenvalue weighted by Crippen LogP contribution is 2.31. The van der Waals surface area contributed by atoms with E-state index in [1.807, 2.05) is 24.3 Å². The van der Waals surface area contributed by atoms with Crippen molar-refractivity contribution in [1.29, 1.82) is 0 Å². The van der Waals surface area contributed by atoms with E-state index in [0.717, 1.165) is 33.1 Å². The van der Waals surface area contributed by atoms with Crippen LogP contribution < -0.4 is 4.74 Å². The zero-order chi connectivity index (χ0) is 15.7. The Hall–Kier alpha value is -2.07. The largest absolute Gasteiger partial charge is 0.497 e. The monoisotopic (exact) mass is 310 g/mol. The molecule has 0 unspecified atom stereocenters. The first-order valence-electron chi connectivity index (χ1n) is 7.10. The Morgan fingerprint density at radius 2 is 1.59 bits per heavy atom. The second kappa shape index (κ2) is 5.97. The molecule has 1 heterocycles. The van der Waals surface area contributed by atoms with Crippen LogP contribution in [0.15, 0.2) is 41.4 Å². The van der Waals surface area contributed by atoms with Gasteiger partial charge in [-0.2, -0.15) is 0 Å². The molecule has 2 aromatic carbocycles. The van der Waals surface area contributed by atoms with Crippen molar-refractivity contribution in [3.8, 4) is 17.1 Å². The molecule has 112 valence electrons. The van der Waals surface area contributed by atoms with E-state index in [-0.39, 0.29) is 0 Å². The third-order valence-corrected chi connectivity index (χ3v) is 4.45. The standard InChI is InChI=1S/C18H18N2OS/c1-11-5-6-12(2)16-15(11)18(22-4)20-17(19-16)13-7-9-14(21-3)10-8-13/h5-10H,1-4H3. The van der Waals surface area contributed by atoms with E-state index in [9.17, 15) is 0 Å². The van der Waals surface area contributed by atoms with E-state index in [4.69, 9.17) is 14.7 Å². The highest BCUT2D eigenvalue weighted by molar-refractivity contribution is 7.98. The molecule has 0 aliphatic carbocycles. The molecule has 4 heteroatoms. The van der Waals surface area contributed by atoms with Gasteiger partial charge < -0.3 is 4.74 Å². The van der Waals surface area contributed by atoms with Crippen molar-refractivity contribution in [3.05, 3.63) is 47.5 Å². The summed E-state index contributed by atoms with van der Waals surface area (Å²) in [6, 6.07) is 12.1. The van der Waals surface area contributed by atoms with Gasteiger partial charge >= 0.3 is 0 Å². The highest BCUT2D eigenvalue weighted by atomic mass is 32.2. The minimum Gasteiger partial charge on any atom is -0.497 e. The minimum atomic E-state index is 0.758. The first kappa shape index (κ1) is 14.9. The molecule has 3 nitrogen and oxygen atoms in total. The summed E-state index contributed by atoms with van der Waals surface area (Å²) in [6.07, 6.45) is 2.06. The Labute approximate surface area is 134 Å². The Morgan fingerprint density at radius 3 is 2.23 bits per heavy atom. The molecule has 22 heavy (non-hydrogen) atoms. The van der Waals surface area contributed by atoms with Crippen molar-refractivity contribution in [1.82, 2.24) is 9.97 Å². The Bertz CT molecular complexity index is 829. The molecular formula is C18H18N2OS. The molecule has 1 aromatic heterocycles. The molecule has 3 rings (SSSR count). The predicted molar refractivity (Wildman–Crippen MR) is 92.8 cm³/mol. The molecule has 0 amide bonds. The number of methoxy groups -OCH3 is 1. The van der Waals surface area contributed by atoms with Crippen LogP contribution >= 0.6 is 11.8 Å². The molecule has 0 fully saturated rings. The fourth-order valence-corrected chi connectivity index (χ4v) is 3.15. The predicted octanol–water partition coefficient (Wildman–Crippen LogP) is 4.64. The average Bonchev–Trinajstić information content (AvgIpc) is 2.57. The maximum atomic E-state index is 5.21. The Morgan fingerprint density at radius 1 is 0.909 bits per heavy atom. The molecule has 0 bridgehead atoms. The molecule has 0 saturated heterocycles. The number of fused-ring (bicyclic) bond motifs is 1. The SMILES string of the molecule is COc1ccc(-c2nc(SC)c3c(C)ccc(C)c3n2)cc1. The summed E-state index contributed by atoms with van der Waals surface area (Å²) in [5.74, 6) is 1.59. The average molecular weight is 310 g/mol. The fraction of sp³-hybridized carbons (Fsp3) is 0.222. The Kier molecular flexibility index (Phi) is 4.03. The smallest absolute Gasteiger partial charge is 0.161 e. The number of hydrogen-bond acceptors (Lipinski definition) is 4. The summed E-state index contributed by atoms with van der Waals surface area (Å²) in [7, 11) is 1.67. The number of rotatable bonds is 3. The Balaban J connectivity index is 2.24. The van der Waals surface area contributed by atoms with Crippen LogP contribution in [0.5, 0.6) is 5.75 Å². The van der Waals surface area contributed by atoms with Gasteiger partial charge in [-0.1, -0.05) is 12.1 Å². The number of nitrogens with zero attached hydrogens (tertiary/aromatic N) is 2. The van der Waals surface area contributed by atoms with Gasteiger partial charge in [0.25, 0.3) is 0 Å². The summed E-state index contributed by atoms with van der Waals surface area (Å²) in [4.78, 5) is 9.56. The van der Waals surface area contributed by atoms with E-state index in [1.165, 1.54) is 11.1 Å². The van der Waals surface area contributed by atoms with Crippen molar-refractivity contribution in [3.63, 3.8) is 0 Å².